The molecule has 36 heavy (non-hydrogen) atoms. The maximum absolute atomic E-state index is 4.88. The Morgan fingerprint density at radius 2 is 1.22 bits per heavy atom. The van der Waals surface area contributed by atoms with Crippen molar-refractivity contribution in [2.45, 2.75) is 0 Å². The van der Waals surface area contributed by atoms with Gasteiger partial charge in [-0.2, -0.15) is 9.97 Å². The maximum atomic E-state index is 4.88. The van der Waals surface area contributed by atoms with Crippen LogP contribution in [0.15, 0.2) is 116 Å². The largest absolute Gasteiger partial charge is 0.268 e. The molecule has 0 saturated heterocycles. The third-order valence-corrected chi connectivity index (χ3v) is 7.41. The Morgan fingerprint density at radius 3 is 1.94 bits per heavy atom. The zero-order chi connectivity index (χ0) is 23.9. The fraction of sp³-hybridized carbons (Fsp3) is 0. The summed E-state index contributed by atoms with van der Waals surface area (Å²) >= 11 is 1.78. The predicted molar refractivity (Wildman–Crippen MR) is 146 cm³/mol. The van der Waals surface area contributed by atoms with E-state index in [0.29, 0.717) is 17.6 Å². The quantitative estimate of drug-likeness (QED) is 0.262. The Morgan fingerprint density at radius 1 is 0.583 bits per heavy atom. The number of hydrogen-bond acceptors (Lipinski definition) is 5. The van der Waals surface area contributed by atoms with Gasteiger partial charge >= 0.3 is 0 Å². The van der Waals surface area contributed by atoms with Crippen LogP contribution in [0.4, 0.5) is 0 Å². The van der Waals surface area contributed by atoms with Crippen molar-refractivity contribution >= 4 is 31.5 Å². The van der Waals surface area contributed by atoms with Gasteiger partial charge in [-0.05, 0) is 12.1 Å². The molecule has 7 rings (SSSR count). The predicted octanol–water partition coefficient (Wildman–Crippen LogP) is 7.43. The summed E-state index contributed by atoms with van der Waals surface area (Å²) in [5.74, 6) is 2.59. The standard InChI is InChI=1S/C30H19N5S/c1-3-10-20(11-4-1)27-32-28(21-12-5-2-6-13-21)34-30(33-27)35-19-18-31-29(35)24-16-9-15-23-22-14-7-8-17-25(22)36-26(23)24/h1-19H. The summed E-state index contributed by atoms with van der Waals surface area (Å²) < 4.78 is 4.42. The summed E-state index contributed by atoms with van der Waals surface area (Å²) in [6.07, 6.45) is 3.72. The van der Waals surface area contributed by atoms with Crippen LogP contribution in [0.1, 0.15) is 0 Å². The van der Waals surface area contributed by atoms with Gasteiger partial charge in [-0.1, -0.05) is 91.0 Å². The smallest absolute Gasteiger partial charge is 0.239 e. The highest BCUT2D eigenvalue weighted by atomic mass is 32.1. The molecule has 0 aliphatic carbocycles. The molecule has 0 radical (unpaired) electrons. The van der Waals surface area contributed by atoms with Crippen LogP contribution in [0.5, 0.6) is 0 Å². The average Bonchev–Trinajstić information content (AvgIpc) is 3.59. The van der Waals surface area contributed by atoms with Crippen LogP contribution < -0.4 is 0 Å². The molecule has 0 N–H and O–H groups in total. The molecule has 0 unspecified atom stereocenters. The van der Waals surface area contributed by atoms with Crippen molar-refractivity contribution < 1.29 is 0 Å². The highest BCUT2D eigenvalue weighted by molar-refractivity contribution is 7.26. The molecule has 3 heterocycles. The van der Waals surface area contributed by atoms with E-state index in [1.54, 1.807) is 17.5 Å². The van der Waals surface area contributed by atoms with Crippen molar-refractivity contribution in [2.24, 2.45) is 0 Å². The van der Waals surface area contributed by atoms with E-state index >= 15 is 0 Å². The Hall–Kier alpha value is -4.68. The molecule has 7 aromatic rings. The van der Waals surface area contributed by atoms with Gasteiger partial charge in [-0.3, -0.25) is 4.57 Å². The van der Waals surface area contributed by atoms with E-state index in [2.05, 4.69) is 42.5 Å². The molecular formula is C30H19N5S. The van der Waals surface area contributed by atoms with E-state index in [-0.39, 0.29) is 0 Å². The lowest BCUT2D eigenvalue weighted by Gasteiger charge is -2.11. The second-order valence-corrected chi connectivity index (χ2v) is 9.47. The van der Waals surface area contributed by atoms with Crippen molar-refractivity contribution in [3.8, 4) is 40.1 Å². The van der Waals surface area contributed by atoms with Gasteiger partial charge in [0.15, 0.2) is 11.6 Å². The molecular weight excluding hydrogens is 462 g/mol. The zero-order valence-corrected chi connectivity index (χ0v) is 19.9. The van der Waals surface area contributed by atoms with Crippen LogP contribution >= 0.6 is 11.3 Å². The van der Waals surface area contributed by atoms with Gasteiger partial charge in [0.1, 0.15) is 5.82 Å². The number of aromatic nitrogens is 5. The molecule has 0 aliphatic rings. The van der Waals surface area contributed by atoms with Crippen LogP contribution in [-0.4, -0.2) is 24.5 Å². The molecule has 0 saturated carbocycles. The first-order chi connectivity index (χ1) is 17.8. The number of fused-ring (bicyclic) bond motifs is 3. The SMILES string of the molecule is c1ccc(-c2nc(-c3ccccc3)nc(-n3ccnc3-c3cccc4c3sc3ccccc34)n2)cc1. The minimum atomic E-state index is 0.535. The third kappa shape index (κ3) is 3.47. The van der Waals surface area contributed by atoms with Gasteiger partial charge in [0.05, 0.1) is 0 Å². The fourth-order valence-electron chi connectivity index (χ4n) is 4.49. The van der Waals surface area contributed by atoms with E-state index in [1.807, 2.05) is 71.4 Å². The second-order valence-electron chi connectivity index (χ2n) is 8.42. The van der Waals surface area contributed by atoms with Crippen molar-refractivity contribution in [3.63, 3.8) is 0 Å². The lowest BCUT2D eigenvalue weighted by Crippen LogP contribution is -2.07. The minimum absolute atomic E-state index is 0.535. The monoisotopic (exact) mass is 481 g/mol. The highest BCUT2D eigenvalue weighted by Crippen LogP contribution is 2.39. The molecule has 4 aromatic carbocycles. The molecule has 0 spiro atoms. The van der Waals surface area contributed by atoms with E-state index < -0.39 is 0 Å². The second kappa shape index (κ2) is 8.52. The number of nitrogens with zero attached hydrogens (tertiary/aromatic N) is 5. The van der Waals surface area contributed by atoms with E-state index in [9.17, 15) is 0 Å². The van der Waals surface area contributed by atoms with E-state index in [4.69, 9.17) is 19.9 Å². The first-order valence-corrected chi connectivity index (χ1v) is 12.5. The van der Waals surface area contributed by atoms with Gasteiger partial charge in [0.2, 0.25) is 5.95 Å². The Balaban J connectivity index is 1.45. The molecule has 3 aromatic heterocycles. The van der Waals surface area contributed by atoms with Crippen molar-refractivity contribution in [1.82, 2.24) is 24.5 Å². The number of benzene rings is 4. The molecule has 170 valence electrons. The van der Waals surface area contributed by atoms with Crippen molar-refractivity contribution in [2.75, 3.05) is 0 Å². The highest BCUT2D eigenvalue weighted by Gasteiger charge is 2.18. The first kappa shape index (κ1) is 20.7. The molecule has 0 aliphatic heterocycles. The summed E-state index contributed by atoms with van der Waals surface area (Å²) in [6, 6.07) is 34.9. The van der Waals surface area contributed by atoms with Gasteiger partial charge < -0.3 is 0 Å². The lowest BCUT2D eigenvalue weighted by atomic mass is 10.1. The fourth-order valence-corrected chi connectivity index (χ4v) is 5.70. The normalized spacial score (nSPS) is 11.3. The summed E-state index contributed by atoms with van der Waals surface area (Å²) in [4.78, 5) is 19.3. The molecule has 6 heteroatoms. The number of imidazole rings is 1. The molecule has 0 bridgehead atoms. The van der Waals surface area contributed by atoms with Gasteiger partial charge in [0.25, 0.3) is 0 Å². The molecule has 0 atom stereocenters. The summed E-state index contributed by atoms with van der Waals surface area (Å²) in [7, 11) is 0. The minimum Gasteiger partial charge on any atom is -0.268 e. The van der Waals surface area contributed by atoms with Crippen LogP contribution in [0.3, 0.4) is 0 Å². The number of rotatable bonds is 4. The maximum Gasteiger partial charge on any atom is 0.239 e. The zero-order valence-electron chi connectivity index (χ0n) is 19.1. The Kier molecular flexibility index (Phi) is 4.89. The molecule has 5 nitrogen and oxygen atoms in total. The molecule has 0 fully saturated rings. The van der Waals surface area contributed by atoms with E-state index in [1.165, 1.54) is 20.2 Å². The van der Waals surface area contributed by atoms with Crippen LogP contribution in [0, 0.1) is 0 Å². The van der Waals surface area contributed by atoms with Crippen molar-refractivity contribution in [1.29, 1.82) is 0 Å². The van der Waals surface area contributed by atoms with Gasteiger partial charge in [-0.15, -0.1) is 11.3 Å². The number of hydrogen-bond donors (Lipinski definition) is 0. The Labute approximate surface area is 211 Å². The summed E-state index contributed by atoms with van der Waals surface area (Å²) in [6.45, 7) is 0. The van der Waals surface area contributed by atoms with Gasteiger partial charge in [0, 0.05) is 49.3 Å². The Bertz CT molecular complexity index is 1780. The summed E-state index contributed by atoms with van der Waals surface area (Å²) in [5, 5.41) is 2.49. The summed E-state index contributed by atoms with van der Waals surface area (Å²) in [5.41, 5.74) is 2.93. The lowest BCUT2D eigenvalue weighted by molar-refractivity contribution is 0.911. The van der Waals surface area contributed by atoms with Crippen LogP contribution in [0.2, 0.25) is 0 Å². The number of thiophene rings is 1. The topological polar surface area (TPSA) is 56.5 Å². The molecule has 0 amide bonds. The average molecular weight is 482 g/mol. The van der Waals surface area contributed by atoms with Crippen molar-refractivity contribution in [3.05, 3.63) is 116 Å². The van der Waals surface area contributed by atoms with Gasteiger partial charge in [-0.25, -0.2) is 9.97 Å². The first-order valence-electron chi connectivity index (χ1n) is 11.7. The third-order valence-electron chi connectivity index (χ3n) is 6.19. The van der Waals surface area contributed by atoms with Crippen LogP contribution in [0.25, 0.3) is 60.3 Å². The van der Waals surface area contributed by atoms with E-state index in [0.717, 1.165) is 22.5 Å². The van der Waals surface area contributed by atoms with Crippen LogP contribution in [-0.2, 0) is 0 Å².